The molecule has 2 rings (SSSR count). The molecule has 0 amide bonds. The Balaban J connectivity index is 2.01. The normalized spacial score (nSPS) is 42.3. The van der Waals surface area contributed by atoms with Gasteiger partial charge in [0.05, 0.1) is 6.10 Å². The van der Waals surface area contributed by atoms with E-state index in [1.54, 1.807) is 0 Å². The van der Waals surface area contributed by atoms with Crippen molar-refractivity contribution in [1.29, 1.82) is 0 Å². The smallest absolute Gasteiger partial charge is 0.1000 e. The lowest BCUT2D eigenvalue weighted by atomic mass is 9.98. The molecule has 2 unspecified atom stereocenters. The molecule has 0 N–H and O–H groups in total. The minimum absolute atomic E-state index is 0.847. The van der Waals surface area contributed by atoms with Crippen LogP contribution in [0.25, 0.3) is 0 Å². The number of rotatable bonds is 1. The number of hydrogen-bond donors (Lipinski definition) is 0. The number of fused-ring (bicyclic) bond motifs is 2. The van der Waals surface area contributed by atoms with Crippen LogP contribution in [-0.2, 0) is 4.74 Å². The summed E-state index contributed by atoms with van der Waals surface area (Å²) in [6, 6.07) is 0. The average molecular weight is 125 g/mol. The predicted molar refractivity (Wildman–Crippen MR) is 35.7 cm³/mol. The Kier molecular flexibility index (Phi) is 1.26. The van der Waals surface area contributed by atoms with E-state index in [1.165, 1.54) is 31.8 Å². The minimum Gasteiger partial charge on any atom is -0.375 e. The van der Waals surface area contributed by atoms with E-state index in [0.29, 0.717) is 0 Å². The summed E-state index contributed by atoms with van der Waals surface area (Å²) < 4.78 is 5.26. The zero-order chi connectivity index (χ0) is 6.27. The van der Waals surface area contributed by atoms with Crippen LogP contribution in [-0.4, -0.2) is 7.11 Å². The van der Waals surface area contributed by atoms with Gasteiger partial charge in [-0.25, -0.2) is 0 Å². The summed E-state index contributed by atoms with van der Waals surface area (Å²) in [6.07, 6.45) is 6.92. The molecule has 0 aromatic rings. The van der Waals surface area contributed by atoms with Crippen molar-refractivity contribution in [1.82, 2.24) is 0 Å². The lowest BCUT2D eigenvalue weighted by Gasteiger charge is -2.17. The van der Waals surface area contributed by atoms with Crippen LogP contribution in [0.5, 0.6) is 0 Å². The minimum atomic E-state index is 0.847. The Labute approximate surface area is 56.4 Å². The van der Waals surface area contributed by atoms with Crippen LogP contribution in [0.2, 0.25) is 0 Å². The highest BCUT2D eigenvalue weighted by molar-refractivity contribution is 5.02. The fourth-order valence-electron chi connectivity index (χ4n) is 2.25. The summed E-state index contributed by atoms with van der Waals surface area (Å²) >= 11 is 0. The van der Waals surface area contributed by atoms with Crippen molar-refractivity contribution < 1.29 is 4.74 Å². The second-order valence-corrected chi connectivity index (χ2v) is 3.25. The summed E-state index contributed by atoms with van der Waals surface area (Å²) in [5.41, 5.74) is 0. The van der Waals surface area contributed by atoms with Crippen molar-refractivity contribution in [2.75, 3.05) is 7.11 Å². The highest BCUT2D eigenvalue weighted by Crippen LogP contribution is 2.49. The summed E-state index contributed by atoms with van der Waals surface area (Å²) in [4.78, 5) is 0. The van der Waals surface area contributed by atoms with Gasteiger partial charge in [0.25, 0.3) is 0 Å². The Morgan fingerprint density at radius 1 is 1.44 bits per heavy atom. The maximum atomic E-state index is 5.26. The summed E-state index contributed by atoms with van der Waals surface area (Å²) in [6.45, 7) is 0. The Bertz CT molecular complexity index is 111. The van der Waals surface area contributed by atoms with E-state index in [4.69, 9.17) is 4.74 Å². The SMILES string of the molecule is CO[C]1CC2CCC1C2. The molecular formula is C8H13O. The molecule has 2 saturated carbocycles. The molecule has 2 atom stereocenters. The maximum absolute atomic E-state index is 5.26. The van der Waals surface area contributed by atoms with E-state index in [1.807, 2.05) is 7.11 Å². The van der Waals surface area contributed by atoms with Crippen molar-refractivity contribution >= 4 is 0 Å². The van der Waals surface area contributed by atoms with E-state index in [9.17, 15) is 0 Å². The summed E-state index contributed by atoms with van der Waals surface area (Å²) in [5.74, 6) is 1.84. The molecule has 0 aliphatic heterocycles. The van der Waals surface area contributed by atoms with Crippen LogP contribution in [0.1, 0.15) is 25.7 Å². The first-order valence-electron chi connectivity index (χ1n) is 3.80. The number of hydrogen-bond acceptors (Lipinski definition) is 1. The van der Waals surface area contributed by atoms with Gasteiger partial charge in [0.1, 0.15) is 0 Å². The second kappa shape index (κ2) is 1.98. The standard InChI is InChI=1S/C8H13O/c1-9-8-5-6-2-3-7(8)4-6/h6-7H,2-5H2,1H3. The monoisotopic (exact) mass is 125 g/mol. The van der Waals surface area contributed by atoms with Crippen LogP contribution in [0.4, 0.5) is 0 Å². The van der Waals surface area contributed by atoms with Crippen LogP contribution in [0.15, 0.2) is 0 Å². The van der Waals surface area contributed by atoms with E-state index >= 15 is 0 Å². The first-order chi connectivity index (χ1) is 4.40. The zero-order valence-corrected chi connectivity index (χ0v) is 5.89. The van der Waals surface area contributed by atoms with E-state index in [0.717, 1.165) is 11.8 Å². The maximum Gasteiger partial charge on any atom is 0.1000 e. The Hall–Kier alpha value is -0.0400. The third-order valence-corrected chi connectivity index (χ3v) is 2.75. The summed E-state index contributed by atoms with van der Waals surface area (Å²) in [5, 5.41) is 0. The predicted octanol–water partition coefficient (Wildman–Crippen LogP) is 1.98. The number of methoxy groups -OCH3 is 1. The lowest BCUT2D eigenvalue weighted by Crippen LogP contribution is -2.09. The van der Waals surface area contributed by atoms with Gasteiger partial charge in [0.15, 0.2) is 0 Å². The van der Waals surface area contributed by atoms with Crippen molar-refractivity contribution in [3.05, 3.63) is 6.10 Å². The number of ether oxygens (including phenoxy) is 1. The molecule has 2 aliphatic carbocycles. The molecule has 0 saturated heterocycles. The molecule has 1 nitrogen and oxygen atoms in total. The average Bonchev–Trinajstić information content (AvgIpc) is 2.45. The van der Waals surface area contributed by atoms with E-state index < -0.39 is 0 Å². The third kappa shape index (κ3) is 0.787. The Morgan fingerprint density at radius 3 is 2.67 bits per heavy atom. The van der Waals surface area contributed by atoms with Crippen molar-refractivity contribution in [3.63, 3.8) is 0 Å². The topological polar surface area (TPSA) is 9.23 Å². The molecule has 0 heterocycles. The third-order valence-electron chi connectivity index (χ3n) is 2.75. The molecule has 2 bridgehead atoms. The molecule has 2 aliphatic rings. The van der Waals surface area contributed by atoms with E-state index in [2.05, 4.69) is 0 Å². The molecule has 1 heteroatoms. The van der Waals surface area contributed by atoms with Crippen molar-refractivity contribution in [2.45, 2.75) is 25.7 Å². The van der Waals surface area contributed by atoms with Gasteiger partial charge in [0.2, 0.25) is 0 Å². The summed E-state index contributed by atoms with van der Waals surface area (Å²) in [7, 11) is 1.82. The van der Waals surface area contributed by atoms with Crippen LogP contribution >= 0.6 is 0 Å². The zero-order valence-electron chi connectivity index (χ0n) is 5.89. The van der Waals surface area contributed by atoms with Gasteiger partial charge in [-0.1, -0.05) is 0 Å². The second-order valence-electron chi connectivity index (χ2n) is 3.25. The van der Waals surface area contributed by atoms with Gasteiger partial charge < -0.3 is 4.74 Å². The van der Waals surface area contributed by atoms with Crippen LogP contribution in [0.3, 0.4) is 0 Å². The Morgan fingerprint density at radius 2 is 2.33 bits per heavy atom. The molecule has 51 valence electrons. The quantitative estimate of drug-likeness (QED) is 0.520. The molecule has 9 heavy (non-hydrogen) atoms. The van der Waals surface area contributed by atoms with Crippen molar-refractivity contribution in [2.24, 2.45) is 11.8 Å². The molecule has 0 spiro atoms. The molecule has 0 aromatic carbocycles. The molecular weight excluding hydrogens is 112 g/mol. The molecule has 0 aromatic heterocycles. The fraction of sp³-hybridized carbons (Fsp3) is 0.875. The first-order valence-corrected chi connectivity index (χ1v) is 3.80. The van der Waals surface area contributed by atoms with Crippen LogP contribution in [0, 0.1) is 17.9 Å². The highest BCUT2D eigenvalue weighted by Gasteiger charge is 2.40. The van der Waals surface area contributed by atoms with E-state index in [-0.39, 0.29) is 0 Å². The van der Waals surface area contributed by atoms with Crippen molar-refractivity contribution in [3.8, 4) is 0 Å². The van der Waals surface area contributed by atoms with Crippen LogP contribution < -0.4 is 0 Å². The highest BCUT2D eigenvalue weighted by atomic mass is 16.5. The van der Waals surface area contributed by atoms with Gasteiger partial charge in [0, 0.05) is 7.11 Å². The first kappa shape index (κ1) is 5.72. The largest absolute Gasteiger partial charge is 0.375 e. The van der Waals surface area contributed by atoms with Gasteiger partial charge in [-0.15, -0.1) is 0 Å². The van der Waals surface area contributed by atoms with Gasteiger partial charge >= 0.3 is 0 Å². The fourth-order valence-corrected chi connectivity index (χ4v) is 2.25. The molecule has 1 radical (unpaired) electrons. The van der Waals surface area contributed by atoms with Gasteiger partial charge in [-0.3, -0.25) is 0 Å². The molecule has 2 fully saturated rings. The lowest BCUT2D eigenvalue weighted by molar-refractivity contribution is 0.154. The van der Waals surface area contributed by atoms with Gasteiger partial charge in [-0.2, -0.15) is 0 Å². The van der Waals surface area contributed by atoms with Gasteiger partial charge in [-0.05, 0) is 37.5 Å².